The molecule has 1 aliphatic heterocycles. The van der Waals surface area contributed by atoms with Crippen LogP contribution in [0.25, 0.3) is 6.08 Å². The summed E-state index contributed by atoms with van der Waals surface area (Å²) in [5, 5.41) is 11.7. The summed E-state index contributed by atoms with van der Waals surface area (Å²) in [5.41, 5.74) is 3.29. The number of amides is 2. The maximum absolute atomic E-state index is 12.5. The average Bonchev–Trinajstić information content (AvgIpc) is 2.89. The van der Waals surface area contributed by atoms with Gasteiger partial charge in [-0.15, -0.1) is 0 Å². The van der Waals surface area contributed by atoms with Crippen LogP contribution in [-0.2, 0) is 4.79 Å². The highest BCUT2D eigenvalue weighted by molar-refractivity contribution is 9.10. The Labute approximate surface area is 171 Å². The summed E-state index contributed by atoms with van der Waals surface area (Å²) in [5.74, 6) is -1.04. The number of rotatable bonds is 4. The van der Waals surface area contributed by atoms with E-state index in [1.807, 2.05) is 24.3 Å². The molecule has 0 atom stereocenters. The van der Waals surface area contributed by atoms with Crippen LogP contribution < -0.4 is 5.43 Å². The first kappa shape index (κ1) is 19.2. The number of thioether (sulfide) groups is 1. The quantitative estimate of drug-likeness (QED) is 0.319. The Hall–Kier alpha value is -2.56. The van der Waals surface area contributed by atoms with E-state index in [0.717, 1.165) is 26.8 Å². The number of benzene rings is 2. The van der Waals surface area contributed by atoms with Crippen LogP contribution in [0.4, 0.5) is 5.69 Å². The zero-order valence-electron chi connectivity index (χ0n) is 13.4. The second-order valence-corrected chi connectivity index (χ2v) is 7.91. The van der Waals surface area contributed by atoms with Crippen molar-refractivity contribution in [1.29, 1.82) is 0 Å². The van der Waals surface area contributed by atoms with Gasteiger partial charge in [-0.2, -0.15) is 5.01 Å². The lowest BCUT2D eigenvalue weighted by atomic mass is 10.2. The largest absolute Gasteiger partial charge is 0.285 e. The lowest BCUT2D eigenvalue weighted by Gasteiger charge is -2.15. The first-order valence-electron chi connectivity index (χ1n) is 7.44. The molecule has 1 N–H and O–H groups in total. The molecule has 0 bridgehead atoms. The van der Waals surface area contributed by atoms with E-state index < -0.39 is 16.7 Å². The molecule has 10 heteroatoms. The number of nitrogens with one attached hydrogen (secondary N) is 1. The van der Waals surface area contributed by atoms with Crippen LogP contribution in [0.1, 0.15) is 15.9 Å². The smallest absolute Gasteiger partial charge is 0.267 e. The van der Waals surface area contributed by atoms with Gasteiger partial charge in [0.15, 0.2) is 4.32 Å². The molecule has 7 nitrogen and oxygen atoms in total. The summed E-state index contributed by atoms with van der Waals surface area (Å²) in [6.07, 6.45) is 1.68. The Kier molecular flexibility index (Phi) is 5.68. The molecule has 0 spiro atoms. The van der Waals surface area contributed by atoms with Gasteiger partial charge < -0.3 is 0 Å². The number of nitro groups is 1. The Balaban J connectivity index is 1.75. The highest BCUT2D eigenvalue weighted by Gasteiger charge is 2.33. The molecule has 136 valence electrons. The number of non-ortho nitro benzene ring substituents is 1. The van der Waals surface area contributed by atoms with Gasteiger partial charge in [-0.05, 0) is 48.1 Å². The van der Waals surface area contributed by atoms with Crippen LogP contribution in [0.2, 0.25) is 0 Å². The molecule has 0 aliphatic carbocycles. The molecule has 3 rings (SSSR count). The zero-order chi connectivity index (χ0) is 19.6. The first-order valence-corrected chi connectivity index (χ1v) is 9.46. The predicted octanol–water partition coefficient (Wildman–Crippen LogP) is 3.90. The number of hydrazine groups is 1. The SMILES string of the molecule is O=C(NN1C(=O)/C(=C/c2cccc(Br)c2)SC1=S)c1ccc([N+](=O)[O-])cc1. The van der Waals surface area contributed by atoms with E-state index in [1.165, 1.54) is 24.3 Å². The lowest BCUT2D eigenvalue weighted by Crippen LogP contribution is -2.44. The number of halogens is 1. The molecule has 2 aromatic rings. The molecule has 1 heterocycles. The van der Waals surface area contributed by atoms with E-state index in [4.69, 9.17) is 12.2 Å². The Morgan fingerprint density at radius 2 is 1.96 bits per heavy atom. The molecule has 2 amide bonds. The minimum Gasteiger partial charge on any atom is -0.267 e. The zero-order valence-corrected chi connectivity index (χ0v) is 16.6. The molecule has 0 saturated carbocycles. The molecule has 0 radical (unpaired) electrons. The van der Waals surface area contributed by atoms with Gasteiger partial charge >= 0.3 is 0 Å². The van der Waals surface area contributed by atoms with Crippen molar-refractivity contribution < 1.29 is 14.5 Å². The summed E-state index contributed by atoms with van der Waals surface area (Å²) >= 11 is 9.62. The summed E-state index contributed by atoms with van der Waals surface area (Å²) in [4.78, 5) is 35.4. The highest BCUT2D eigenvalue weighted by atomic mass is 79.9. The number of hydrogen-bond donors (Lipinski definition) is 1. The molecular weight excluding hydrogens is 454 g/mol. The normalized spacial score (nSPS) is 15.3. The van der Waals surface area contributed by atoms with Crippen molar-refractivity contribution in [3.05, 3.63) is 79.2 Å². The topological polar surface area (TPSA) is 92.6 Å². The highest BCUT2D eigenvalue weighted by Crippen LogP contribution is 2.31. The molecule has 27 heavy (non-hydrogen) atoms. The van der Waals surface area contributed by atoms with Crippen LogP contribution in [0.5, 0.6) is 0 Å². The van der Waals surface area contributed by atoms with Gasteiger partial charge in [-0.1, -0.05) is 39.8 Å². The van der Waals surface area contributed by atoms with Crippen molar-refractivity contribution in [3.63, 3.8) is 0 Å². The van der Waals surface area contributed by atoms with Gasteiger partial charge in [0.1, 0.15) is 0 Å². The summed E-state index contributed by atoms with van der Waals surface area (Å²) in [6.45, 7) is 0. The summed E-state index contributed by atoms with van der Waals surface area (Å²) in [7, 11) is 0. The maximum Gasteiger partial charge on any atom is 0.285 e. The van der Waals surface area contributed by atoms with Crippen molar-refractivity contribution in [2.45, 2.75) is 0 Å². The Morgan fingerprint density at radius 3 is 2.59 bits per heavy atom. The van der Waals surface area contributed by atoms with Crippen molar-refractivity contribution in [3.8, 4) is 0 Å². The van der Waals surface area contributed by atoms with Gasteiger partial charge in [0.2, 0.25) is 0 Å². The Morgan fingerprint density at radius 1 is 1.26 bits per heavy atom. The van der Waals surface area contributed by atoms with Crippen molar-refractivity contribution in [2.75, 3.05) is 0 Å². The number of carbonyl (C=O) groups is 2. The average molecular weight is 464 g/mol. The first-order chi connectivity index (χ1) is 12.8. The summed E-state index contributed by atoms with van der Waals surface area (Å²) in [6, 6.07) is 12.4. The van der Waals surface area contributed by atoms with Gasteiger partial charge in [0.25, 0.3) is 17.5 Å². The molecule has 0 unspecified atom stereocenters. The minimum absolute atomic E-state index is 0.130. The number of thiocarbonyl (C=S) groups is 1. The maximum atomic E-state index is 12.5. The monoisotopic (exact) mass is 463 g/mol. The van der Waals surface area contributed by atoms with Crippen LogP contribution in [0.3, 0.4) is 0 Å². The van der Waals surface area contributed by atoms with Crippen LogP contribution in [0.15, 0.2) is 57.9 Å². The van der Waals surface area contributed by atoms with Crippen LogP contribution in [-0.4, -0.2) is 26.1 Å². The second kappa shape index (κ2) is 7.99. The minimum atomic E-state index is -0.593. The lowest BCUT2D eigenvalue weighted by molar-refractivity contribution is -0.384. The predicted molar refractivity (Wildman–Crippen MR) is 110 cm³/mol. The fraction of sp³-hybridized carbons (Fsp3) is 0. The molecule has 0 aromatic heterocycles. The third kappa shape index (κ3) is 4.41. The van der Waals surface area contributed by atoms with E-state index in [2.05, 4.69) is 21.4 Å². The van der Waals surface area contributed by atoms with Crippen LogP contribution in [0, 0.1) is 10.1 Å². The summed E-state index contributed by atoms with van der Waals surface area (Å²) < 4.78 is 1.06. The fourth-order valence-electron chi connectivity index (χ4n) is 2.21. The van der Waals surface area contributed by atoms with E-state index >= 15 is 0 Å². The van der Waals surface area contributed by atoms with Crippen LogP contribution >= 0.6 is 39.9 Å². The van der Waals surface area contributed by atoms with Crippen molar-refractivity contribution in [1.82, 2.24) is 10.4 Å². The Bertz CT molecular complexity index is 992. The molecule has 2 aromatic carbocycles. The van der Waals surface area contributed by atoms with E-state index in [9.17, 15) is 19.7 Å². The molecule has 1 fully saturated rings. The number of nitrogens with zero attached hydrogens (tertiary/aromatic N) is 2. The number of carbonyl (C=O) groups excluding carboxylic acids is 2. The number of hydrogen-bond acceptors (Lipinski definition) is 6. The third-order valence-corrected chi connectivity index (χ3v) is 5.29. The fourth-order valence-corrected chi connectivity index (χ4v) is 3.81. The molecular formula is C17H10BrN3O4S2. The van der Waals surface area contributed by atoms with Gasteiger partial charge in [-0.25, -0.2) is 0 Å². The van der Waals surface area contributed by atoms with E-state index in [-0.39, 0.29) is 15.6 Å². The van der Waals surface area contributed by atoms with E-state index in [0.29, 0.717) is 4.91 Å². The molecule has 1 aliphatic rings. The molecule has 1 saturated heterocycles. The van der Waals surface area contributed by atoms with Gasteiger partial charge in [0, 0.05) is 22.2 Å². The van der Waals surface area contributed by atoms with Crippen molar-refractivity contribution >= 4 is 67.8 Å². The second-order valence-electron chi connectivity index (χ2n) is 5.32. The van der Waals surface area contributed by atoms with Gasteiger partial charge in [-0.3, -0.25) is 25.1 Å². The van der Waals surface area contributed by atoms with E-state index in [1.54, 1.807) is 6.08 Å². The van der Waals surface area contributed by atoms with Crippen molar-refractivity contribution in [2.24, 2.45) is 0 Å². The third-order valence-electron chi connectivity index (χ3n) is 3.49. The standard InChI is InChI=1S/C17H10BrN3O4S2/c18-12-3-1-2-10(8-12)9-14-16(23)20(17(26)27-14)19-15(22)11-4-6-13(7-5-11)21(24)25/h1-9H,(H,19,22)/b14-9-. The number of nitro benzene ring substituents is 1. The van der Waals surface area contributed by atoms with Gasteiger partial charge in [0.05, 0.1) is 9.83 Å².